The van der Waals surface area contributed by atoms with Crippen molar-refractivity contribution >= 4 is 32.7 Å². The molecule has 0 aliphatic rings. The second-order valence-corrected chi connectivity index (χ2v) is 8.13. The third kappa shape index (κ3) is 2.84. The van der Waals surface area contributed by atoms with Gasteiger partial charge >= 0.3 is 0 Å². The van der Waals surface area contributed by atoms with Crippen molar-refractivity contribution in [2.75, 3.05) is 0 Å². The fourth-order valence-corrected chi connectivity index (χ4v) is 3.71. The van der Waals surface area contributed by atoms with Gasteiger partial charge in [0.2, 0.25) is 0 Å². The van der Waals surface area contributed by atoms with Crippen LogP contribution in [-0.2, 0) is 6.37 Å². The minimum absolute atomic E-state index is 0.538. The highest BCUT2D eigenvalue weighted by Crippen LogP contribution is 2.38. The molecule has 0 aliphatic carbocycles. The van der Waals surface area contributed by atoms with Gasteiger partial charge in [0.25, 0.3) is 0 Å². The van der Waals surface area contributed by atoms with Crippen LogP contribution in [0.1, 0.15) is 29.1 Å². The molecule has 0 bridgehead atoms. The summed E-state index contributed by atoms with van der Waals surface area (Å²) in [5, 5.41) is 4.12. The van der Waals surface area contributed by atoms with Crippen LogP contribution in [0, 0.1) is 5.41 Å². The van der Waals surface area contributed by atoms with Crippen LogP contribution in [0.5, 0.6) is 0 Å². The third-order valence-corrected chi connectivity index (χ3v) is 4.84. The van der Waals surface area contributed by atoms with Crippen molar-refractivity contribution in [2.45, 2.75) is 27.1 Å². The molecule has 0 amide bonds. The summed E-state index contributed by atoms with van der Waals surface area (Å²) in [4.78, 5) is 8.76. The van der Waals surface area contributed by atoms with Crippen LogP contribution in [0.3, 0.4) is 0 Å². The summed E-state index contributed by atoms with van der Waals surface area (Å²) in [6.45, 7) is 5.73. The van der Waals surface area contributed by atoms with Crippen LogP contribution in [0.2, 0.25) is 0 Å². The van der Waals surface area contributed by atoms with Gasteiger partial charge in [-0.2, -0.15) is 0 Å². The molecule has 3 heterocycles. The SMILES string of the molecule is [2H]C([2H])(c1ccnc(-c2cccc3c2oc2c4ccncc4ccc32)c1)C(C)(C)C. The maximum atomic E-state index is 8.63. The maximum absolute atomic E-state index is 8.63. The van der Waals surface area contributed by atoms with E-state index >= 15 is 0 Å². The Morgan fingerprint density at radius 3 is 2.64 bits per heavy atom. The molecule has 3 nitrogen and oxygen atoms in total. The lowest BCUT2D eigenvalue weighted by Gasteiger charge is -2.18. The Bertz CT molecular complexity index is 1410. The second kappa shape index (κ2) is 6.16. The highest BCUT2D eigenvalue weighted by molar-refractivity contribution is 6.16. The van der Waals surface area contributed by atoms with Crippen LogP contribution >= 0.6 is 0 Å². The van der Waals surface area contributed by atoms with Crippen LogP contribution in [0.15, 0.2) is 71.5 Å². The van der Waals surface area contributed by atoms with E-state index in [-0.39, 0.29) is 0 Å². The van der Waals surface area contributed by atoms with Gasteiger partial charge in [0, 0.05) is 48.4 Å². The standard InChI is InChI=1S/C25H22N2O/c1-25(2,3)14-16-9-12-27-22(13-16)21-6-4-5-19-20-8-7-17-15-26-11-10-18(17)23(20)28-24(19)21/h4-13,15H,14H2,1-3H3/i14D2. The lowest BCUT2D eigenvalue weighted by molar-refractivity contribution is 0.411. The molecule has 0 N–H and O–H groups in total. The molecule has 0 aliphatic heterocycles. The Morgan fingerprint density at radius 1 is 0.929 bits per heavy atom. The number of para-hydroxylation sites is 1. The van der Waals surface area contributed by atoms with E-state index in [1.807, 2.05) is 51.2 Å². The molecule has 138 valence electrons. The molecule has 5 rings (SSSR count). The number of rotatable bonds is 2. The van der Waals surface area contributed by atoms with Crippen molar-refractivity contribution in [3.05, 3.63) is 72.7 Å². The van der Waals surface area contributed by atoms with Crippen molar-refractivity contribution < 1.29 is 7.16 Å². The number of aromatic nitrogens is 2. The molecule has 0 atom stereocenters. The minimum Gasteiger partial charge on any atom is -0.455 e. The summed E-state index contributed by atoms with van der Waals surface area (Å²) in [5.41, 5.74) is 3.24. The first-order valence-electron chi connectivity index (χ1n) is 10.4. The van der Waals surface area contributed by atoms with E-state index in [9.17, 15) is 0 Å². The van der Waals surface area contributed by atoms with Gasteiger partial charge in [0.15, 0.2) is 0 Å². The second-order valence-electron chi connectivity index (χ2n) is 8.13. The van der Waals surface area contributed by atoms with Crippen molar-refractivity contribution in [3.8, 4) is 11.3 Å². The molecule has 0 spiro atoms. The number of benzene rings is 2. The fourth-order valence-electron chi connectivity index (χ4n) is 3.71. The third-order valence-electron chi connectivity index (χ3n) is 4.84. The predicted octanol–water partition coefficient (Wildman–Crippen LogP) is 6.78. The summed E-state index contributed by atoms with van der Waals surface area (Å²) >= 11 is 0. The number of nitrogens with zero attached hydrogens (tertiary/aromatic N) is 2. The van der Waals surface area contributed by atoms with Crippen LogP contribution in [0.4, 0.5) is 0 Å². The maximum Gasteiger partial charge on any atom is 0.144 e. The molecule has 0 fully saturated rings. The topological polar surface area (TPSA) is 38.9 Å². The highest BCUT2D eigenvalue weighted by Gasteiger charge is 2.16. The summed E-state index contributed by atoms with van der Waals surface area (Å²) < 4.78 is 23.6. The molecule has 2 aromatic carbocycles. The van der Waals surface area contributed by atoms with Crippen molar-refractivity contribution in [1.82, 2.24) is 9.97 Å². The number of hydrogen-bond donors (Lipinski definition) is 0. The van der Waals surface area contributed by atoms with E-state index in [0.29, 0.717) is 11.3 Å². The monoisotopic (exact) mass is 368 g/mol. The quantitative estimate of drug-likeness (QED) is 0.344. The average Bonchev–Trinajstić information content (AvgIpc) is 3.12. The van der Waals surface area contributed by atoms with E-state index in [1.54, 1.807) is 18.5 Å². The Balaban J connectivity index is 1.76. The van der Waals surface area contributed by atoms with Crippen molar-refractivity contribution in [3.63, 3.8) is 0 Å². The molecule has 0 saturated carbocycles. The van der Waals surface area contributed by atoms with E-state index in [4.69, 9.17) is 7.16 Å². The summed E-state index contributed by atoms with van der Waals surface area (Å²) in [6, 6.07) is 15.7. The normalized spacial score (nSPS) is 13.8. The first kappa shape index (κ1) is 14.8. The van der Waals surface area contributed by atoms with Gasteiger partial charge in [-0.15, -0.1) is 0 Å². The number of fused-ring (bicyclic) bond motifs is 5. The summed E-state index contributed by atoms with van der Waals surface area (Å²) in [5.74, 6) is 0. The van der Waals surface area contributed by atoms with Crippen LogP contribution in [-0.4, -0.2) is 9.97 Å². The highest BCUT2D eigenvalue weighted by atomic mass is 16.3. The van der Waals surface area contributed by atoms with E-state index in [1.165, 1.54) is 0 Å². The van der Waals surface area contributed by atoms with Gasteiger partial charge in [0.1, 0.15) is 11.2 Å². The zero-order valence-electron chi connectivity index (χ0n) is 18.2. The first-order valence-corrected chi connectivity index (χ1v) is 9.42. The number of furan rings is 1. The van der Waals surface area contributed by atoms with Crippen molar-refractivity contribution in [1.29, 1.82) is 0 Å². The summed E-state index contributed by atoms with van der Waals surface area (Å²) in [7, 11) is 0. The Labute approximate surface area is 166 Å². The van der Waals surface area contributed by atoms with Gasteiger partial charge in [-0.3, -0.25) is 9.97 Å². The lowest BCUT2D eigenvalue weighted by Crippen LogP contribution is -2.09. The largest absolute Gasteiger partial charge is 0.455 e. The molecular weight excluding hydrogens is 344 g/mol. The molecule has 3 heteroatoms. The first-order chi connectivity index (χ1) is 14.3. The summed E-state index contributed by atoms with van der Waals surface area (Å²) in [6.07, 6.45) is 3.80. The van der Waals surface area contributed by atoms with E-state index < -0.39 is 11.8 Å². The number of pyridine rings is 2. The fraction of sp³-hybridized carbons (Fsp3) is 0.200. The number of hydrogen-bond acceptors (Lipinski definition) is 3. The predicted molar refractivity (Wildman–Crippen MR) is 115 cm³/mol. The molecular formula is C25H22N2O. The smallest absolute Gasteiger partial charge is 0.144 e. The molecule has 3 aromatic heterocycles. The van der Waals surface area contributed by atoms with Gasteiger partial charge in [-0.25, -0.2) is 0 Å². The van der Waals surface area contributed by atoms with Gasteiger partial charge in [-0.1, -0.05) is 39.0 Å². The zero-order chi connectivity index (χ0) is 21.1. The van der Waals surface area contributed by atoms with Gasteiger partial charge in [0.05, 0.1) is 5.69 Å². The average molecular weight is 368 g/mol. The minimum atomic E-state index is -1.49. The zero-order valence-corrected chi connectivity index (χ0v) is 16.2. The Kier molecular flexibility index (Phi) is 3.26. The van der Waals surface area contributed by atoms with E-state index in [0.717, 1.165) is 38.3 Å². The molecule has 0 saturated heterocycles. The Hall–Kier alpha value is -3.20. The van der Waals surface area contributed by atoms with Crippen LogP contribution in [0.25, 0.3) is 44.0 Å². The van der Waals surface area contributed by atoms with Gasteiger partial charge in [-0.05, 0) is 47.7 Å². The Morgan fingerprint density at radius 2 is 1.79 bits per heavy atom. The molecule has 0 unspecified atom stereocenters. The molecule has 5 aromatic rings. The van der Waals surface area contributed by atoms with Crippen LogP contribution < -0.4 is 0 Å². The lowest BCUT2D eigenvalue weighted by atomic mass is 9.88. The molecule has 0 radical (unpaired) electrons. The van der Waals surface area contributed by atoms with Crippen molar-refractivity contribution in [2.24, 2.45) is 5.41 Å². The van der Waals surface area contributed by atoms with E-state index in [2.05, 4.69) is 28.2 Å². The van der Waals surface area contributed by atoms with Gasteiger partial charge < -0.3 is 4.42 Å². The molecule has 28 heavy (non-hydrogen) atoms.